The monoisotopic (exact) mass is 480 g/mol. The Morgan fingerprint density at radius 1 is 1.23 bits per heavy atom. The van der Waals surface area contributed by atoms with Gasteiger partial charge >= 0.3 is 0 Å². The van der Waals surface area contributed by atoms with Crippen molar-refractivity contribution in [2.45, 2.75) is 31.8 Å². The minimum atomic E-state index is -1.65. The molecule has 0 saturated carbocycles. The summed E-state index contributed by atoms with van der Waals surface area (Å²) >= 11 is 0. The van der Waals surface area contributed by atoms with E-state index in [0.717, 1.165) is 17.7 Å². The predicted octanol–water partition coefficient (Wildman–Crippen LogP) is 4.04. The van der Waals surface area contributed by atoms with E-state index in [1.807, 2.05) is 25.1 Å². The highest BCUT2D eigenvalue weighted by atomic mass is 19.1. The summed E-state index contributed by atoms with van der Waals surface area (Å²) < 4.78 is 41.3. The third-order valence-corrected chi connectivity index (χ3v) is 6.25. The lowest BCUT2D eigenvalue weighted by atomic mass is 9.77. The van der Waals surface area contributed by atoms with Gasteiger partial charge < -0.3 is 14.6 Å². The van der Waals surface area contributed by atoms with Crippen LogP contribution in [-0.2, 0) is 21.6 Å². The van der Waals surface area contributed by atoms with Gasteiger partial charge in [0.05, 0.1) is 31.4 Å². The van der Waals surface area contributed by atoms with E-state index in [1.54, 1.807) is 18.2 Å². The summed E-state index contributed by atoms with van der Waals surface area (Å²) in [6.45, 7) is 2.58. The molecule has 1 fully saturated rings. The van der Waals surface area contributed by atoms with Crippen LogP contribution in [0.5, 0.6) is 0 Å². The first-order chi connectivity index (χ1) is 16.9. The van der Waals surface area contributed by atoms with Crippen molar-refractivity contribution in [1.82, 2.24) is 14.8 Å². The van der Waals surface area contributed by atoms with Gasteiger partial charge in [0, 0.05) is 17.5 Å². The van der Waals surface area contributed by atoms with E-state index in [-0.39, 0.29) is 18.0 Å². The van der Waals surface area contributed by atoms with Crippen molar-refractivity contribution in [1.29, 1.82) is 5.26 Å². The first kappa shape index (κ1) is 24.7. The molecule has 2 atom stereocenters. The highest BCUT2D eigenvalue weighted by Gasteiger charge is 2.40. The molecule has 2 heterocycles. The molecule has 1 N–H and O–H groups in total. The fourth-order valence-electron chi connectivity index (χ4n) is 4.27. The number of benzene rings is 2. The molecule has 1 aromatic heterocycles. The second-order valence-electron chi connectivity index (χ2n) is 8.77. The Labute approximate surface area is 202 Å². The lowest BCUT2D eigenvalue weighted by Crippen LogP contribution is -2.42. The van der Waals surface area contributed by atoms with Gasteiger partial charge in [-0.3, -0.25) is 0 Å². The Morgan fingerprint density at radius 3 is 2.60 bits per heavy atom. The smallest absolute Gasteiger partial charge is 0.177 e. The normalized spacial score (nSPS) is 20.9. The van der Waals surface area contributed by atoms with Crippen LogP contribution in [0.1, 0.15) is 30.0 Å². The second kappa shape index (κ2) is 10.9. The molecule has 182 valence electrons. The summed E-state index contributed by atoms with van der Waals surface area (Å²) in [7, 11) is 0. The SMILES string of the molecule is CC(CC1COC(C=Cc2ccc(C#N)cc2)OC1)C(O)(Cn1cncn1)c1ccc(F)cc1F. The highest BCUT2D eigenvalue weighted by Crippen LogP contribution is 2.37. The number of aliphatic hydroxyl groups is 1. The number of aromatic nitrogens is 3. The molecular formula is C26H26F2N4O3. The highest BCUT2D eigenvalue weighted by molar-refractivity contribution is 5.51. The Hall–Kier alpha value is -3.45. The van der Waals surface area contributed by atoms with Crippen LogP contribution >= 0.6 is 0 Å². The summed E-state index contributed by atoms with van der Waals surface area (Å²) in [6, 6.07) is 12.4. The van der Waals surface area contributed by atoms with Crippen molar-refractivity contribution in [3.05, 3.63) is 89.5 Å². The van der Waals surface area contributed by atoms with E-state index in [1.165, 1.54) is 23.4 Å². The second-order valence-corrected chi connectivity index (χ2v) is 8.77. The van der Waals surface area contributed by atoms with Crippen molar-refractivity contribution < 1.29 is 23.4 Å². The molecule has 0 amide bonds. The van der Waals surface area contributed by atoms with Crippen LogP contribution in [0.4, 0.5) is 8.78 Å². The number of hydrogen-bond acceptors (Lipinski definition) is 6. The number of nitrogens with zero attached hydrogens (tertiary/aromatic N) is 4. The molecule has 3 aromatic rings. The van der Waals surface area contributed by atoms with Crippen LogP contribution in [0.3, 0.4) is 0 Å². The standard InChI is InChI=1S/C26H26F2N4O3/c1-18(26(33,15-32-17-30-16-31-32)23-8-7-22(27)11-24(23)28)10-21-13-34-25(35-14-21)9-6-19-2-4-20(12-29)5-3-19/h2-9,11,16-18,21,25,33H,10,13-15H2,1H3. The average Bonchev–Trinajstić information content (AvgIpc) is 3.36. The largest absolute Gasteiger partial charge is 0.383 e. The van der Waals surface area contributed by atoms with Crippen molar-refractivity contribution in [2.24, 2.45) is 11.8 Å². The minimum Gasteiger partial charge on any atom is -0.383 e. The Balaban J connectivity index is 1.40. The van der Waals surface area contributed by atoms with Crippen molar-refractivity contribution in [2.75, 3.05) is 13.2 Å². The number of nitriles is 1. The summed E-state index contributed by atoms with van der Waals surface area (Å²) in [6.07, 6.45) is 6.41. The number of hydrogen-bond donors (Lipinski definition) is 1. The predicted molar refractivity (Wildman–Crippen MR) is 123 cm³/mol. The van der Waals surface area contributed by atoms with Gasteiger partial charge in [-0.05, 0) is 42.2 Å². The van der Waals surface area contributed by atoms with E-state index in [4.69, 9.17) is 14.7 Å². The van der Waals surface area contributed by atoms with Crippen LogP contribution in [0.2, 0.25) is 0 Å². The molecule has 2 unspecified atom stereocenters. The zero-order valence-corrected chi connectivity index (χ0v) is 19.2. The zero-order valence-electron chi connectivity index (χ0n) is 19.2. The van der Waals surface area contributed by atoms with Crippen LogP contribution < -0.4 is 0 Å². The number of ether oxygens (including phenoxy) is 2. The maximum Gasteiger partial charge on any atom is 0.177 e. The van der Waals surface area contributed by atoms with E-state index >= 15 is 0 Å². The molecule has 0 aliphatic carbocycles. The zero-order chi connectivity index (χ0) is 24.8. The summed E-state index contributed by atoms with van der Waals surface area (Å²) in [5, 5.41) is 24.6. The fraction of sp³-hybridized carbons (Fsp3) is 0.346. The third kappa shape index (κ3) is 5.98. The first-order valence-corrected chi connectivity index (χ1v) is 11.3. The molecular weight excluding hydrogens is 454 g/mol. The van der Waals surface area contributed by atoms with E-state index in [2.05, 4.69) is 16.2 Å². The maximum atomic E-state index is 14.7. The third-order valence-electron chi connectivity index (χ3n) is 6.25. The quantitative estimate of drug-likeness (QED) is 0.523. The van der Waals surface area contributed by atoms with Gasteiger partial charge in [0.1, 0.15) is 29.9 Å². The molecule has 35 heavy (non-hydrogen) atoms. The molecule has 2 aromatic carbocycles. The summed E-state index contributed by atoms with van der Waals surface area (Å²) in [5.41, 5.74) is -0.138. The van der Waals surface area contributed by atoms with Crippen molar-refractivity contribution in [3.63, 3.8) is 0 Å². The lowest BCUT2D eigenvalue weighted by molar-refractivity contribution is -0.180. The van der Waals surface area contributed by atoms with Crippen LogP contribution in [0, 0.1) is 34.8 Å². The van der Waals surface area contributed by atoms with Gasteiger partial charge in [0.15, 0.2) is 6.29 Å². The van der Waals surface area contributed by atoms with Crippen molar-refractivity contribution in [3.8, 4) is 6.07 Å². The number of rotatable bonds is 8. The molecule has 1 aliphatic rings. The molecule has 0 spiro atoms. The van der Waals surface area contributed by atoms with Gasteiger partial charge in [-0.15, -0.1) is 0 Å². The maximum absolute atomic E-state index is 14.7. The topological polar surface area (TPSA) is 93.2 Å². The minimum absolute atomic E-state index is 0.00257. The molecule has 1 saturated heterocycles. The van der Waals surface area contributed by atoms with Crippen LogP contribution in [-0.4, -0.2) is 39.4 Å². The molecule has 1 aliphatic heterocycles. The van der Waals surface area contributed by atoms with E-state index in [0.29, 0.717) is 25.2 Å². The molecule has 0 radical (unpaired) electrons. The Bertz CT molecular complexity index is 1190. The van der Waals surface area contributed by atoms with Gasteiger partial charge in [-0.1, -0.05) is 31.2 Å². The fourth-order valence-corrected chi connectivity index (χ4v) is 4.27. The first-order valence-electron chi connectivity index (χ1n) is 11.3. The van der Waals surface area contributed by atoms with Gasteiger partial charge in [-0.25, -0.2) is 18.4 Å². The van der Waals surface area contributed by atoms with E-state index in [9.17, 15) is 13.9 Å². The van der Waals surface area contributed by atoms with Crippen LogP contribution in [0.15, 0.2) is 61.2 Å². The molecule has 0 bridgehead atoms. The molecule has 7 nitrogen and oxygen atoms in total. The molecule has 9 heteroatoms. The molecule has 4 rings (SSSR count). The van der Waals surface area contributed by atoms with Gasteiger partial charge in [0.25, 0.3) is 0 Å². The average molecular weight is 481 g/mol. The Kier molecular flexibility index (Phi) is 7.66. The summed E-state index contributed by atoms with van der Waals surface area (Å²) in [5.74, 6) is -2.00. The van der Waals surface area contributed by atoms with Crippen molar-refractivity contribution >= 4 is 6.08 Å². The van der Waals surface area contributed by atoms with E-state index < -0.39 is 29.4 Å². The summed E-state index contributed by atoms with van der Waals surface area (Å²) in [4.78, 5) is 3.89. The number of halogens is 2. The Morgan fingerprint density at radius 2 is 1.97 bits per heavy atom. The van der Waals surface area contributed by atoms with Crippen LogP contribution in [0.25, 0.3) is 6.08 Å². The van der Waals surface area contributed by atoms with Gasteiger partial charge in [-0.2, -0.15) is 10.4 Å². The lowest BCUT2D eigenvalue weighted by Gasteiger charge is -2.38. The van der Waals surface area contributed by atoms with Gasteiger partial charge in [0.2, 0.25) is 0 Å².